The maximum Gasteiger partial charge on any atom is 0.112 e. The molecule has 0 amide bonds. The average Bonchev–Trinajstić information content (AvgIpc) is 2.81. The molecule has 0 aromatic heterocycles. The summed E-state index contributed by atoms with van der Waals surface area (Å²) in [7, 11) is 2.19. The molecule has 2 heterocycles. The van der Waals surface area contributed by atoms with Gasteiger partial charge in [0.2, 0.25) is 0 Å². The number of likely N-dealkylation sites (N-methyl/N-ethyl adjacent to an activating group) is 1. The van der Waals surface area contributed by atoms with E-state index in [9.17, 15) is 0 Å². The van der Waals surface area contributed by atoms with Crippen LogP contribution in [0.2, 0.25) is 0 Å². The molecule has 2 aliphatic heterocycles. The van der Waals surface area contributed by atoms with Crippen LogP contribution in [0.4, 0.5) is 0 Å². The Morgan fingerprint density at radius 1 is 0.844 bits per heavy atom. The van der Waals surface area contributed by atoms with Gasteiger partial charge in [-0.2, -0.15) is 0 Å². The minimum Gasteiger partial charge on any atom is -0.315 e. The van der Waals surface area contributed by atoms with Gasteiger partial charge < -0.3 is 5.32 Å². The van der Waals surface area contributed by atoms with Gasteiger partial charge in [0, 0.05) is 45.3 Å². The largest absolute Gasteiger partial charge is 0.315 e. The molecule has 1 N–H and O–H groups in total. The smallest absolute Gasteiger partial charge is 0.112 e. The maximum absolute atomic E-state index is 7.32. The zero-order valence-electron chi connectivity index (χ0n) is 19.3. The summed E-state index contributed by atoms with van der Waals surface area (Å²) in [4.78, 5) is 6.77. The first-order chi connectivity index (χ1) is 15.5. The zero-order valence-corrected chi connectivity index (χ0v) is 20.8. The Kier molecular flexibility index (Phi) is 8.14. The van der Waals surface area contributed by atoms with Crippen LogP contribution in [0.5, 0.6) is 0 Å². The monoisotopic (exact) mass is 474 g/mol. The molecule has 2 fully saturated rings. The number of halogens is 2. The number of nitrogens with one attached hydrogen (secondary N) is 1. The summed E-state index contributed by atoms with van der Waals surface area (Å²) in [5, 5.41) is 3.39. The molecule has 0 spiro atoms. The Labute approximate surface area is 203 Å². The number of benzene rings is 2. The molecule has 6 heteroatoms. The van der Waals surface area contributed by atoms with E-state index in [-0.39, 0.29) is 11.4 Å². The van der Waals surface area contributed by atoms with Crippen molar-refractivity contribution in [2.24, 2.45) is 0 Å². The highest BCUT2D eigenvalue weighted by atomic mass is 35.5. The van der Waals surface area contributed by atoms with Crippen molar-refractivity contribution in [1.82, 2.24) is 20.0 Å². The summed E-state index contributed by atoms with van der Waals surface area (Å²) in [6.07, 6.45) is 1.10. The highest BCUT2D eigenvalue weighted by Crippen LogP contribution is 2.40. The Balaban J connectivity index is 1.70. The van der Waals surface area contributed by atoms with Gasteiger partial charge >= 0.3 is 0 Å². The molecule has 2 bridgehead atoms. The first-order valence-electron chi connectivity index (χ1n) is 11.8. The number of hydrogen-bond acceptors (Lipinski definition) is 4. The molecule has 2 aromatic carbocycles. The third kappa shape index (κ3) is 5.32. The van der Waals surface area contributed by atoms with Crippen LogP contribution in [0, 0.1) is 0 Å². The van der Waals surface area contributed by atoms with E-state index in [1.54, 1.807) is 0 Å². The molecule has 0 radical (unpaired) electrons. The summed E-state index contributed by atoms with van der Waals surface area (Å²) >= 11 is 14.6. The van der Waals surface area contributed by atoms with Crippen LogP contribution in [-0.4, -0.2) is 77.9 Å². The van der Waals surface area contributed by atoms with Gasteiger partial charge in [-0.15, -0.1) is 23.2 Å². The van der Waals surface area contributed by atoms with Crippen LogP contribution in [0.15, 0.2) is 60.7 Å². The van der Waals surface area contributed by atoms with Crippen LogP contribution in [0.25, 0.3) is 0 Å². The van der Waals surface area contributed by atoms with Crippen molar-refractivity contribution >= 4 is 23.2 Å². The van der Waals surface area contributed by atoms with Crippen molar-refractivity contribution in [3.63, 3.8) is 0 Å². The van der Waals surface area contributed by atoms with E-state index in [1.165, 1.54) is 11.1 Å². The van der Waals surface area contributed by atoms with Crippen molar-refractivity contribution in [2.75, 3.05) is 52.9 Å². The maximum atomic E-state index is 7.32. The van der Waals surface area contributed by atoms with E-state index in [0.29, 0.717) is 6.04 Å². The van der Waals surface area contributed by atoms with E-state index in [0.717, 1.165) is 52.2 Å². The number of rotatable bonds is 2. The minimum absolute atomic E-state index is 0.0360. The highest BCUT2D eigenvalue weighted by molar-refractivity contribution is 6.32. The van der Waals surface area contributed by atoms with Crippen LogP contribution < -0.4 is 5.32 Å². The molecular formula is C26H36Cl2N4. The van der Waals surface area contributed by atoms with Crippen molar-refractivity contribution in [3.05, 3.63) is 71.8 Å². The second kappa shape index (κ2) is 10.9. The molecule has 6 unspecified atom stereocenters. The van der Waals surface area contributed by atoms with Crippen LogP contribution in [-0.2, 0) is 0 Å². The first kappa shape index (κ1) is 24.0. The second-order valence-corrected chi connectivity index (χ2v) is 10.5. The molecule has 174 valence electrons. The van der Waals surface area contributed by atoms with E-state index in [2.05, 4.69) is 94.7 Å². The van der Waals surface area contributed by atoms with Gasteiger partial charge in [0.1, 0.15) is 5.00 Å². The third-order valence-corrected chi connectivity index (χ3v) is 8.44. The molecule has 4 nitrogen and oxygen atoms in total. The van der Waals surface area contributed by atoms with Gasteiger partial charge in [0.15, 0.2) is 0 Å². The van der Waals surface area contributed by atoms with E-state index < -0.39 is 5.00 Å². The van der Waals surface area contributed by atoms with Gasteiger partial charge in [-0.05, 0) is 38.1 Å². The fourth-order valence-corrected chi connectivity index (χ4v) is 5.98. The van der Waals surface area contributed by atoms with E-state index in [1.807, 2.05) is 0 Å². The highest BCUT2D eigenvalue weighted by Gasteiger charge is 2.44. The lowest BCUT2D eigenvalue weighted by Crippen LogP contribution is -2.58. The Morgan fingerprint density at radius 2 is 1.47 bits per heavy atom. The van der Waals surface area contributed by atoms with Gasteiger partial charge in [-0.1, -0.05) is 60.7 Å². The van der Waals surface area contributed by atoms with Gasteiger partial charge in [-0.25, -0.2) is 0 Å². The topological polar surface area (TPSA) is 21.8 Å². The van der Waals surface area contributed by atoms with Gasteiger partial charge in [0.25, 0.3) is 0 Å². The van der Waals surface area contributed by atoms with Crippen LogP contribution in [0.3, 0.4) is 0 Å². The van der Waals surface area contributed by atoms with E-state index in [4.69, 9.17) is 23.2 Å². The summed E-state index contributed by atoms with van der Waals surface area (Å²) in [6.45, 7) is 8.72. The predicted molar refractivity (Wildman–Crippen MR) is 136 cm³/mol. The first-order valence-corrected chi connectivity index (χ1v) is 12.6. The summed E-state index contributed by atoms with van der Waals surface area (Å²) in [6, 6.07) is 22.0. The van der Waals surface area contributed by atoms with Crippen molar-refractivity contribution in [3.8, 4) is 0 Å². The molecule has 2 saturated heterocycles. The number of fused-ring (bicyclic) bond motifs is 3. The fourth-order valence-electron chi connectivity index (χ4n) is 5.22. The number of nitrogens with zero attached hydrogens (tertiary/aromatic N) is 3. The van der Waals surface area contributed by atoms with Crippen molar-refractivity contribution in [2.45, 2.75) is 35.8 Å². The molecule has 0 saturated carbocycles. The average molecular weight is 476 g/mol. The second-order valence-electron chi connectivity index (χ2n) is 9.25. The van der Waals surface area contributed by atoms with Gasteiger partial charge in [0.05, 0.1) is 11.4 Å². The number of hydrogen-bond donors (Lipinski definition) is 1. The van der Waals surface area contributed by atoms with Crippen LogP contribution >= 0.6 is 23.2 Å². The predicted octanol–water partition coefficient (Wildman–Crippen LogP) is 4.57. The van der Waals surface area contributed by atoms with Crippen molar-refractivity contribution < 1.29 is 0 Å². The molecule has 4 rings (SSSR count). The molecular weight excluding hydrogens is 439 g/mol. The quantitative estimate of drug-likeness (QED) is 0.507. The molecule has 32 heavy (non-hydrogen) atoms. The van der Waals surface area contributed by atoms with Gasteiger partial charge in [-0.3, -0.25) is 14.7 Å². The lowest BCUT2D eigenvalue weighted by atomic mass is 9.95. The lowest BCUT2D eigenvalue weighted by molar-refractivity contribution is 0.0635. The molecule has 2 aromatic rings. The lowest BCUT2D eigenvalue weighted by Gasteiger charge is -2.48. The normalized spacial score (nSPS) is 35.3. The fraction of sp³-hybridized carbons (Fsp3) is 0.538. The molecule has 6 atom stereocenters. The Bertz CT molecular complexity index is 832. The zero-order chi connectivity index (χ0) is 22.6. The summed E-state index contributed by atoms with van der Waals surface area (Å²) < 4.78 is 0. The third-order valence-electron chi connectivity index (χ3n) is 7.19. The standard InChI is InChI=1S/C26H36Cl2N4/c1-26(28)25(27)24(22-11-7-4-8-12-22)30(2)17-18-31-19-20-32(26)16-15-29-14-13-23(31)21-9-5-3-6-10-21/h3-12,23-25,29H,13-20H2,1-2H3. The van der Waals surface area contributed by atoms with Crippen LogP contribution in [0.1, 0.15) is 36.6 Å². The molecule has 0 aliphatic carbocycles. The summed E-state index contributed by atoms with van der Waals surface area (Å²) in [5.41, 5.74) is 2.61. The SMILES string of the molecule is CN1CCN2CCN(CCNCCC2c2ccccc2)C(C)(Cl)C(Cl)C1c1ccccc1. The molecule has 2 aliphatic rings. The minimum atomic E-state index is -0.664. The number of alkyl halides is 2. The summed E-state index contributed by atoms with van der Waals surface area (Å²) in [5.74, 6) is 0. The Hall–Kier alpha value is -1.14. The Morgan fingerprint density at radius 3 is 2.16 bits per heavy atom. The van der Waals surface area contributed by atoms with E-state index >= 15 is 0 Å². The van der Waals surface area contributed by atoms with Crippen molar-refractivity contribution in [1.29, 1.82) is 0 Å².